The molecule has 0 saturated heterocycles. The SMILES string of the molecule is c1ccc2c(-c3ccc4cc(-c5ccc(-c6cccc7c6sc6ccccc67)cc5)c5ccccc5c4c3)cccc2c1. The van der Waals surface area contributed by atoms with Crippen LogP contribution in [0.15, 0.2) is 158 Å². The first-order valence-electron chi connectivity index (χ1n) is 14.8. The van der Waals surface area contributed by atoms with E-state index in [1.807, 2.05) is 11.3 Å². The normalized spacial score (nSPS) is 11.7. The van der Waals surface area contributed by atoms with Crippen molar-refractivity contribution < 1.29 is 0 Å². The second-order valence-electron chi connectivity index (χ2n) is 11.3. The molecule has 0 nitrogen and oxygen atoms in total. The predicted molar refractivity (Wildman–Crippen MR) is 188 cm³/mol. The first-order chi connectivity index (χ1) is 21.3. The van der Waals surface area contributed by atoms with Crippen LogP contribution in [0, 0.1) is 0 Å². The minimum absolute atomic E-state index is 1.24. The van der Waals surface area contributed by atoms with E-state index in [2.05, 4.69) is 158 Å². The Hall–Kier alpha value is -5.24. The highest BCUT2D eigenvalue weighted by atomic mass is 32.1. The zero-order valence-corrected chi connectivity index (χ0v) is 24.2. The Morgan fingerprint density at radius 1 is 0.302 bits per heavy atom. The second kappa shape index (κ2) is 9.66. The quantitative estimate of drug-likeness (QED) is 0.188. The van der Waals surface area contributed by atoms with E-state index >= 15 is 0 Å². The van der Waals surface area contributed by atoms with Crippen molar-refractivity contribution in [2.24, 2.45) is 0 Å². The van der Waals surface area contributed by atoms with Crippen LogP contribution in [-0.2, 0) is 0 Å². The molecule has 0 N–H and O–H groups in total. The Bertz CT molecular complexity index is 2490. The molecule has 0 atom stereocenters. The first-order valence-corrected chi connectivity index (χ1v) is 15.6. The average Bonchev–Trinajstić information content (AvgIpc) is 3.47. The molecule has 0 spiro atoms. The summed E-state index contributed by atoms with van der Waals surface area (Å²) in [6.07, 6.45) is 0. The van der Waals surface area contributed by atoms with Gasteiger partial charge in [0.15, 0.2) is 0 Å². The molecule has 1 heteroatoms. The largest absolute Gasteiger partial charge is 0.135 e. The zero-order chi connectivity index (χ0) is 28.3. The fourth-order valence-electron chi connectivity index (χ4n) is 6.79. The molecule has 0 radical (unpaired) electrons. The molecule has 1 heterocycles. The fourth-order valence-corrected chi connectivity index (χ4v) is 8.03. The van der Waals surface area contributed by atoms with Crippen molar-refractivity contribution in [2.75, 3.05) is 0 Å². The summed E-state index contributed by atoms with van der Waals surface area (Å²) in [6, 6.07) is 58.0. The van der Waals surface area contributed by atoms with Gasteiger partial charge in [-0.2, -0.15) is 0 Å². The van der Waals surface area contributed by atoms with Crippen LogP contribution in [0.3, 0.4) is 0 Å². The van der Waals surface area contributed by atoms with E-state index in [1.54, 1.807) is 0 Å². The topological polar surface area (TPSA) is 0 Å². The van der Waals surface area contributed by atoms with Crippen molar-refractivity contribution in [1.29, 1.82) is 0 Å². The van der Waals surface area contributed by atoms with Crippen LogP contribution in [0.25, 0.3) is 85.9 Å². The molecule has 0 amide bonds. The number of thiophene rings is 1. The second-order valence-corrected chi connectivity index (χ2v) is 12.3. The van der Waals surface area contributed by atoms with Gasteiger partial charge >= 0.3 is 0 Å². The van der Waals surface area contributed by atoms with Crippen molar-refractivity contribution >= 4 is 63.8 Å². The van der Waals surface area contributed by atoms with Crippen molar-refractivity contribution in [3.05, 3.63) is 158 Å². The molecule has 200 valence electrons. The van der Waals surface area contributed by atoms with Gasteiger partial charge in [0.05, 0.1) is 0 Å². The number of rotatable bonds is 3. The van der Waals surface area contributed by atoms with Gasteiger partial charge in [0.25, 0.3) is 0 Å². The van der Waals surface area contributed by atoms with Crippen LogP contribution in [0.1, 0.15) is 0 Å². The fraction of sp³-hybridized carbons (Fsp3) is 0. The van der Waals surface area contributed by atoms with Crippen LogP contribution < -0.4 is 0 Å². The summed E-state index contributed by atoms with van der Waals surface area (Å²) < 4.78 is 2.70. The first kappa shape index (κ1) is 24.4. The van der Waals surface area contributed by atoms with Gasteiger partial charge in [0.2, 0.25) is 0 Å². The maximum atomic E-state index is 2.37. The Morgan fingerprint density at radius 3 is 1.77 bits per heavy atom. The third-order valence-electron chi connectivity index (χ3n) is 8.87. The van der Waals surface area contributed by atoms with Crippen molar-refractivity contribution in [3.8, 4) is 33.4 Å². The molecule has 43 heavy (non-hydrogen) atoms. The molecular formula is C42H26S. The van der Waals surface area contributed by atoms with E-state index < -0.39 is 0 Å². The molecule has 0 aliphatic carbocycles. The number of hydrogen-bond acceptors (Lipinski definition) is 1. The summed E-state index contributed by atoms with van der Waals surface area (Å²) in [4.78, 5) is 0. The summed E-state index contributed by atoms with van der Waals surface area (Å²) in [5, 5.41) is 10.4. The Balaban J connectivity index is 1.18. The van der Waals surface area contributed by atoms with E-state index in [4.69, 9.17) is 0 Å². The van der Waals surface area contributed by atoms with Crippen LogP contribution in [-0.4, -0.2) is 0 Å². The summed E-state index contributed by atoms with van der Waals surface area (Å²) in [7, 11) is 0. The van der Waals surface area contributed by atoms with Gasteiger partial charge in [0.1, 0.15) is 0 Å². The monoisotopic (exact) mass is 562 g/mol. The van der Waals surface area contributed by atoms with Gasteiger partial charge in [-0.05, 0) is 83.9 Å². The molecule has 1 aromatic heterocycles. The molecule has 9 aromatic rings. The molecule has 0 aliphatic rings. The molecule has 9 rings (SSSR count). The highest BCUT2D eigenvalue weighted by Gasteiger charge is 2.13. The van der Waals surface area contributed by atoms with Gasteiger partial charge in [-0.3, -0.25) is 0 Å². The summed E-state index contributed by atoms with van der Waals surface area (Å²) >= 11 is 1.89. The maximum Gasteiger partial charge on any atom is 0.0433 e. The average molecular weight is 563 g/mol. The molecule has 0 aliphatic heterocycles. The molecule has 0 fully saturated rings. The van der Waals surface area contributed by atoms with Crippen LogP contribution in [0.2, 0.25) is 0 Å². The Labute approximate surface area is 254 Å². The zero-order valence-electron chi connectivity index (χ0n) is 23.4. The minimum Gasteiger partial charge on any atom is -0.135 e. The van der Waals surface area contributed by atoms with E-state index in [0.717, 1.165) is 0 Å². The Kier molecular flexibility index (Phi) is 5.47. The maximum absolute atomic E-state index is 2.37. The molecule has 0 unspecified atom stereocenters. The summed E-state index contributed by atoms with van der Waals surface area (Å²) in [5.41, 5.74) is 7.59. The van der Waals surface area contributed by atoms with Crippen molar-refractivity contribution in [2.45, 2.75) is 0 Å². The smallest absolute Gasteiger partial charge is 0.0433 e. The van der Waals surface area contributed by atoms with Crippen LogP contribution in [0.4, 0.5) is 0 Å². The lowest BCUT2D eigenvalue weighted by Gasteiger charge is -2.14. The van der Waals surface area contributed by atoms with Crippen molar-refractivity contribution in [1.82, 2.24) is 0 Å². The number of fused-ring (bicyclic) bond motifs is 7. The molecule has 0 saturated carbocycles. The van der Waals surface area contributed by atoms with E-state index in [1.165, 1.54) is 85.9 Å². The van der Waals surface area contributed by atoms with Crippen molar-refractivity contribution in [3.63, 3.8) is 0 Å². The standard InChI is InChI=1S/C42H26S/c1-2-11-32-27(9-1)10-7-15-33(32)30-23-24-31-26-39(35-12-3-4-13-36(35)40(31)25-30)29-21-19-28(20-22-29)34-16-8-17-38-37-14-5-6-18-41(37)43-42(34)38/h1-26H. The lowest BCUT2D eigenvalue weighted by molar-refractivity contribution is 1.64. The van der Waals surface area contributed by atoms with Gasteiger partial charge in [-0.1, -0.05) is 140 Å². The predicted octanol–water partition coefficient (Wildman–Crippen LogP) is 12.5. The third kappa shape index (κ3) is 3.90. The lowest BCUT2D eigenvalue weighted by atomic mass is 9.90. The van der Waals surface area contributed by atoms with E-state index in [0.29, 0.717) is 0 Å². The Morgan fingerprint density at radius 2 is 0.907 bits per heavy atom. The van der Waals surface area contributed by atoms with Crippen LogP contribution in [0.5, 0.6) is 0 Å². The minimum atomic E-state index is 1.24. The number of hydrogen-bond donors (Lipinski definition) is 0. The molecule has 0 bridgehead atoms. The van der Waals surface area contributed by atoms with Gasteiger partial charge in [-0.15, -0.1) is 11.3 Å². The lowest BCUT2D eigenvalue weighted by Crippen LogP contribution is -1.87. The van der Waals surface area contributed by atoms with Gasteiger partial charge in [0, 0.05) is 20.2 Å². The molecule has 8 aromatic carbocycles. The summed E-state index contributed by atoms with van der Waals surface area (Å²) in [6.45, 7) is 0. The summed E-state index contributed by atoms with van der Waals surface area (Å²) in [5.74, 6) is 0. The van der Waals surface area contributed by atoms with Gasteiger partial charge in [-0.25, -0.2) is 0 Å². The highest BCUT2D eigenvalue weighted by Crippen LogP contribution is 2.41. The van der Waals surface area contributed by atoms with Crippen LogP contribution >= 0.6 is 11.3 Å². The third-order valence-corrected chi connectivity index (χ3v) is 10.1. The number of benzene rings is 8. The van der Waals surface area contributed by atoms with E-state index in [9.17, 15) is 0 Å². The highest BCUT2D eigenvalue weighted by molar-refractivity contribution is 7.26. The van der Waals surface area contributed by atoms with Gasteiger partial charge < -0.3 is 0 Å². The molecular weight excluding hydrogens is 537 g/mol. The van der Waals surface area contributed by atoms with E-state index in [-0.39, 0.29) is 0 Å².